The summed E-state index contributed by atoms with van der Waals surface area (Å²) in [5, 5.41) is 9.73. The second-order valence-corrected chi connectivity index (χ2v) is 3.61. The smallest absolute Gasteiger partial charge is 0.0802 e. The van der Waals surface area contributed by atoms with E-state index in [0.29, 0.717) is 26.2 Å². The van der Waals surface area contributed by atoms with Crippen molar-refractivity contribution < 1.29 is 9.84 Å². The Morgan fingerprint density at radius 3 is 2.93 bits per heavy atom. The standard InChI is InChI=1S/C11H15NO2/c12-4-3-11(13)8-1-2-9-6-14-7-10(9)5-8/h1-2,5,11,13H,3-4,6-7,12H2. The van der Waals surface area contributed by atoms with Crippen molar-refractivity contribution in [3.05, 3.63) is 34.9 Å². The van der Waals surface area contributed by atoms with Gasteiger partial charge in [-0.2, -0.15) is 0 Å². The molecule has 0 amide bonds. The predicted molar refractivity (Wildman–Crippen MR) is 53.6 cm³/mol. The van der Waals surface area contributed by atoms with Crippen molar-refractivity contribution in [2.24, 2.45) is 5.73 Å². The fourth-order valence-corrected chi connectivity index (χ4v) is 1.72. The van der Waals surface area contributed by atoms with E-state index in [4.69, 9.17) is 10.5 Å². The molecule has 1 aliphatic rings. The van der Waals surface area contributed by atoms with Gasteiger partial charge in [-0.25, -0.2) is 0 Å². The van der Waals surface area contributed by atoms with Gasteiger partial charge in [-0.05, 0) is 29.7 Å². The number of hydrogen-bond acceptors (Lipinski definition) is 3. The lowest BCUT2D eigenvalue weighted by molar-refractivity contribution is 0.134. The molecule has 3 N–H and O–H groups in total. The zero-order chi connectivity index (χ0) is 9.97. The summed E-state index contributed by atoms with van der Waals surface area (Å²) < 4.78 is 5.30. The van der Waals surface area contributed by atoms with Crippen LogP contribution in [-0.2, 0) is 18.0 Å². The largest absolute Gasteiger partial charge is 0.388 e. The van der Waals surface area contributed by atoms with Gasteiger partial charge in [0.05, 0.1) is 19.3 Å². The molecule has 14 heavy (non-hydrogen) atoms. The number of rotatable bonds is 3. The Hall–Kier alpha value is -0.900. The lowest BCUT2D eigenvalue weighted by atomic mass is 10.0. The van der Waals surface area contributed by atoms with Gasteiger partial charge in [0.25, 0.3) is 0 Å². The maximum absolute atomic E-state index is 9.73. The zero-order valence-corrected chi connectivity index (χ0v) is 8.07. The minimum absolute atomic E-state index is 0.439. The van der Waals surface area contributed by atoms with Crippen LogP contribution in [-0.4, -0.2) is 11.7 Å². The summed E-state index contributed by atoms with van der Waals surface area (Å²) in [6.45, 7) is 1.87. The molecule has 3 nitrogen and oxygen atoms in total. The van der Waals surface area contributed by atoms with Gasteiger partial charge in [-0.15, -0.1) is 0 Å². The van der Waals surface area contributed by atoms with E-state index in [1.807, 2.05) is 18.2 Å². The molecule has 76 valence electrons. The van der Waals surface area contributed by atoms with Crippen molar-refractivity contribution in [1.82, 2.24) is 0 Å². The highest BCUT2D eigenvalue weighted by molar-refractivity contribution is 5.34. The average Bonchev–Trinajstić information content (AvgIpc) is 2.64. The van der Waals surface area contributed by atoms with Crippen LogP contribution >= 0.6 is 0 Å². The molecule has 1 aromatic carbocycles. The zero-order valence-electron chi connectivity index (χ0n) is 8.07. The highest BCUT2D eigenvalue weighted by Gasteiger charge is 2.14. The maximum Gasteiger partial charge on any atom is 0.0802 e. The number of aliphatic hydroxyl groups is 1. The van der Waals surface area contributed by atoms with E-state index in [0.717, 1.165) is 5.56 Å². The van der Waals surface area contributed by atoms with Crippen LogP contribution in [0.2, 0.25) is 0 Å². The molecule has 0 aliphatic carbocycles. The first-order valence-corrected chi connectivity index (χ1v) is 4.89. The molecule has 1 atom stereocenters. The first-order chi connectivity index (χ1) is 6.81. The second kappa shape index (κ2) is 4.09. The number of aliphatic hydroxyl groups excluding tert-OH is 1. The molecule has 0 saturated carbocycles. The molecule has 0 spiro atoms. The van der Waals surface area contributed by atoms with Crippen LogP contribution in [0.4, 0.5) is 0 Å². The molecule has 1 heterocycles. The molecule has 1 unspecified atom stereocenters. The number of ether oxygens (including phenoxy) is 1. The third kappa shape index (κ3) is 1.80. The van der Waals surface area contributed by atoms with Gasteiger partial charge in [0.2, 0.25) is 0 Å². The predicted octanol–water partition coefficient (Wildman–Crippen LogP) is 1.10. The van der Waals surface area contributed by atoms with E-state index in [1.165, 1.54) is 11.1 Å². The molecule has 1 aromatic rings. The van der Waals surface area contributed by atoms with E-state index in [1.54, 1.807) is 0 Å². The molecule has 0 bridgehead atoms. The Kier molecular flexibility index (Phi) is 2.82. The second-order valence-electron chi connectivity index (χ2n) is 3.61. The van der Waals surface area contributed by atoms with Crippen LogP contribution in [0.1, 0.15) is 29.2 Å². The van der Waals surface area contributed by atoms with Gasteiger partial charge in [0, 0.05) is 0 Å². The van der Waals surface area contributed by atoms with E-state index < -0.39 is 6.10 Å². The molecule has 0 fully saturated rings. The van der Waals surface area contributed by atoms with Crippen molar-refractivity contribution >= 4 is 0 Å². The molecule has 1 aliphatic heterocycles. The van der Waals surface area contributed by atoms with E-state index in [2.05, 4.69) is 0 Å². The van der Waals surface area contributed by atoms with Gasteiger partial charge in [-0.1, -0.05) is 18.2 Å². The van der Waals surface area contributed by atoms with Gasteiger partial charge >= 0.3 is 0 Å². The minimum atomic E-state index is -0.439. The molecule has 0 radical (unpaired) electrons. The Morgan fingerprint density at radius 1 is 1.36 bits per heavy atom. The topological polar surface area (TPSA) is 55.5 Å². The van der Waals surface area contributed by atoms with Crippen molar-refractivity contribution in [1.29, 1.82) is 0 Å². The van der Waals surface area contributed by atoms with Crippen molar-refractivity contribution in [2.45, 2.75) is 25.7 Å². The summed E-state index contributed by atoms with van der Waals surface area (Å²) in [5.41, 5.74) is 8.76. The van der Waals surface area contributed by atoms with E-state index >= 15 is 0 Å². The Morgan fingerprint density at radius 2 is 2.14 bits per heavy atom. The van der Waals surface area contributed by atoms with E-state index in [-0.39, 0.29) is 0 Å². The summed E-state index contributed by atoms with van der Waals surface area (Å²) >= 11 is 0. The molecular formula is C11H15NO2. The van der Waals surface area contributed by atoms with Gasteiger partial charge in [0.15, 0.2) is 0 Å². The third-order valence-corrected chi connectivity index (χ3v) is 2.57. The van der Waals surface area contributed by atoms with Crippen molar-refractivity contribution in [2.75, 3.05) is 6.54 Å². The third-order valence-electron chi connectivity index (χ3n) is 2.57. The van der Waals surface area contributed by atoms with E-state index in [9.17, 15) is 5.11 Å². The van der Waals surface area contributed by atoms with Crippen LogP contribution in [0.15, 0.2) is 18.2 Å². The summed E-state index contributed by atoms with van der Waals surface area (Å²) in [4.78, 5) is 0. The van der Waals surface area contributed by atoms with Crippen LogP contribution in [0, 0.1) is 0 Å². The lowest BCUT2D eigenvalue weighted by Gasteiger charge is -2.10. The highest BCUT2D eigenvalue weighted by Crippen LogP contribution is 2.24. The Labute approximate surface area is 83.5 Å². The van der Waals surface area contributed by atoms with Crippen LogP contribution in [0.5, 0.6) is 0 Å². The molecule has 2 rings (SSSR count). The Bertz CT molecular complexity index is 325. The van der Waals surface area contributed by atoms with Gasteiger partial charge in [0.1, 0.15) is 0 Å². The van der Waals surface area contributed by atoms with Crippen molar-refractivity contribution in [3.63, 3.8) is 0 Å². The average molecular weight is 193 g/mol. The summed E-state index contributed by atoms with van der Waals surface area (Å²) in [7, 11) is 0. The first kappa shape index (κ1) is 9.65. The quantitative estimate of drug-likeness (QED) is 0.755. The number of hydrogen-bond donors (Lipinski definition) is 2. The molecule has 0 saturated heterocycles. The van der Waals surface area contributed by atoms with Crippen LogP contribution in [0.25, 0.3) is 0 Å². The summed E-state index contributed by atoms with van der Waals surface area (Å²) in [6, 6.07) is 5.99. The molecular weight excluding hydrogens is 178 g/mol. The Balaban J connectivity index is 2.19. The highest BCUT2D eigenvalue weighted by atomic mass is 16.5. The fraction of sp³-hybridized carbons (Fsp3) is 0.455. The van der Waals surface area contributed by atoms with Gasteiger partial charge in [-0.3, -0.25) is 0 Å². The lowest BCUT2D eigenvalue weighted by Crippen LogP contribution is -2.07. The monoisotopic (exact) mass is 193 g/mol. The SMILES string of the molecule is NCCC(O)c1ccc2c(c1)COC2. The van der Waals surface area contributed by atoms with Gasteiger partial charge < -0.3 is 15.6 Å². The number of nitrogens with two attached hydrogens (primary N) is 1. The number of fused-ring (bicyclic) bond motifs is 1. The minimum Gasteiger partial charge on any atom is -0.388 e. The summed E-state index contributed by atoms with van der Waals surface area (Å²) in [6.07, 6.45) is 0.172. The summed E-state index contributed by atoms with van der Waals surface area (Å²) in [5.74, 6) is 0. The molecule has 0 aromatic heterocycles. The normalized spacial score (nSPS) is 16.7. The maximum atomic E-state index is 9.73. The molecule has 3 heteroatoms. The number of benzene rings is 1. The van der Waals surface area contributed by atoms with Crippen LogP contribution < -0.4 is 5.73 Å². The first-order valence-electron chi connectivity index (χ1n) is 4.89. The fourth-order valence-electron chi connectivity index (χ4n) is 1.72. The van der Waals surface area contributed by atoms with Crippen LogP contribution in [0.3, 0.4) is 0 Å². The van der Waals surface area contributed by atoms with Crippen molar-refractivity contribution in [3.8, 4) is 0 Å².